The molecule has 1 N–H and O–H groups in total. The van der Waals surface area contributed by atoms with E-state index in [1.165, 1.54) is 42.4 Å². The highest BCUT2D eigenvalue weighted by molar-refractivity contribution is 7.21. The minimum absolute atomic E-state index is 0.333. The zero-order chi connectivity index (χ0) is 21.3. The number of piperidine rings is 1. The molecule has 3 aromatic heterocycles. The first kappa shape index (κ1) is 20.5. The first-order valence-corrected chi connectivity index (χ1v) is 10.8. The molecule has 1 saturated heterocycles. The van der Waals surface area contributed by atoms with Crippen molar-refractivity contribution in [3.05, 3.63) is 40.2 Å². The molecule has 0 bridgehead atoms. The summed E-state index contributed by atoms with van der Waals surface area (Å²) in [4.78, 5) is 33.4. The Hall–Kier alpha value is -2.78. The van der Waals surface area contributed by atoms with E-state index in [-0.39, 0.29) is 5.91 Å². The van der Waals surface area contributed by atoms with Gasteiger partial charge in [0.1, 0.15) is 15.4 Å². The maximum atomic E-state index is 12.8. The van der Waals surface area contributed by atoms with Crippen molar-refractivity contribution in [1.82, 2.24) is 19.7 Å². The van der Waals surface area contributed by atoms with Gasteiger partial charge in [0, 0.05) is 19.0 Å². The van der Waals surface area contributed by atoms with E-state index in [9.17, 15) is 9.59 Å². The number of fused-ring (bicyclic) bond motifs is 1. The van der Waals surface area contributed by atoms with Gasteiger partial charge in [-0.25, -0.2) is 9.78 Å². The Kier molecular flexibility index (Phi) is 5.83. The molecule has 0 unspecified atom stereocenters. The smallest absolute Gasteiger partial charge is 0.350 e. The van der Waals surface area contributed by atoms with Gasteiger partial charge in [0.2, 0.25) is 0 Å². The molecule has 4 heterocycles. The second kappa shape index (κ2) is 8.53. The number of carbonyl (C=O) groups is 2. The summed E-state index contributed by atoms with van der Waals surface area (Å²) in [6.45, 7) is 4.79. The number of nitrogens with one attached hydrogen (secondary N) is 1. The lowest BCUT2D eigenvalue weighted by atomic mass is 10.1. The standard InChI is InChI=1S/C21H25N5O3S/c1-13-11-16(25(2)24-13)19(27)23-17-15-8-7-14(12-26-9-5-4-6-10-26)22-20(15)30-18(17)21(28)29-3/h7-8,11H,4-6,9-10,12H2,1-3H3,(H,23,27). The molecular weight excluding hydrogens is 402 g/mol. The predicted molar refractivity (Wildman–Crippen MR) is 116 cm³/mol. The number of amides is 1. The van der Waals surface area contributed by atoms with Crippen molar-refractivity contribution in [2.24, 2.45) is 7.05 Å². The van der Waals surface area contributed by atoms with Crippen molar-refractivity contribution in [3.8, 4) is 0 Å². The van der Waals surface area contributed by atoms with E-state index in [2.05, 4.69) is 15.3 Å². The van der Waals surface area contributed by atoms with Crippen LogP contribution in [0.15, 0.2) is 18.2 Å². The number of ether oxygens (including phenoxy) is 1. The van der Waals surface area contributed by atoms with Crippen LogP contribution in [0.25, 0.3) is 10.2 Å². The molecule has 1 amide bonds. The van der Waals surface area contributed by atoms with Gasteiger partial charge in [-0.3, -0.25) is 14.4 Å². The molecule has 158 valence electrons. The first-order valence-electron chi connectivity index (χ1n) is 10.0. The summed E-state index contributed by atoms with van der Waals surface area (Å²) in [6, 6.07) is 5.60. The molecule has 0 radical (unpaired) electrons. The molecule has 8 nitrogen and oxygen atoms in total. The van der Waals surface area contributed by atoms with Crippen LogP contribution in [0.2, 0.25) is 0 Å². The van der Waals surface area contributed by atoms with Gasteiger partial charge in [0.15, 0.2) is 0 Å². The van der Waals surface area contributed by atoms with E-state index >= 15 is 0 Å². The molecule has 9 heteroatoms. The SMILES string of the molecule is COC(=O)c1sc2nc(CN3CCCCC3)ccc2c1NC(=O)c1cc(C)nn1C. The Morgan fingerprint density at radius 3 is 2.67 bits per heavy atom. The van der Waals surface area contributed by atoms with Crippen LogP contribution >= 0.6 is 11.3 Å². The van der Waals surface area contributed by atoms with Crippen LogP contribution in [-0.2, 0) is 18.3 Å². The van der Waals surface area contributed by atoms with Crippen molar-refractivity contribution >= 4 is 39.1 Å². The van der Waals surface area contributed by atoms with E-state index < -0.39 is 5.97 Å². The van der Waals surface area contributed by atoms with E-state index in [1.54, 1.807) is 13.1 Å². The third-order valence-electron chi connectivity index (χ3n) is 5.29. The van der Waals surface area contributed by atoms with Crippen LogP contribution in [0.1, 0.15) is 50.8 Å². The Balaban J connectivity index is 1.67. The number of aryl methyl sites for hydroxylation is 2. The lowest BCUT2D eigenvalue weighted by molar-refractivity contribution is 0.0607. The third-order valence-corrected chi connectivity index (χ3v) is 6.37. The molecule has 0 aromatic carbocycles. The van der Waals surface area contributed by atoms with Crippen LogP contribution < -0.4 is 5.32 Å². The number of likely N-dealkylation sites (tertiary alicyclic amines) is 1. The number of rotatable bonds is 5. The van der Waals surface area contributed by atoms with E-state index in [4.69, 9.17) is 9.72 Å². The third kappa shape index (κ3) is 4.08. The molecule has 0 atom stereocenters. The Morgan fingerprint density at radius 1 is 1.23 bits per heavy atom. The van der Waals surface area contributed by atoms with Crippen molar-refractivity contribution in [2.75, 3.05) is 25.5 Å². The molecule has 4 rings (SSSR count). The lowest BCUT2D eigenvalue weighted by Crippen LogP contribution is -2.29. The predicted octanol–water partition coefficient (Wildman–Crippen LogP) is 3.36. The van der Waals surface area contributed by atoms with E-state index in [0.717, 1.165) is 36.4 Å². The number of anilines is 1. The number of thiophene rings is 1. The second-order valence-corrected chi connectivity index (χ2v) is 8.54. The summed E-state index contributed by atoms with van der Waals surface area (Å²) in [7, 11) is 3.04. The zero-order valence-corrected chi connectivity index (χ0v) is 18.2. The Labute approximate surface area is 178 Å². The van der Waals surface area contributed by atoms with Gasteiger partial charge in [-0.05, 0) is 51.1 Å². The Morgan fingerprint density at radius 2 is 2.00 bits per heavy atom. The van der Waals surface area contributed by atoms with Crippen molar-refractivity contribution < 1.29 is 14.3 Å². The normalized spacial score (nSPS) is 14.8. The summed E-state index contributed by atoms with van der Waals surface area (Å²) in [6.07, 6.45) is 3.73. The second-order valence-electron chi connectivity index (χ2n) is 7.54. The molecule has 1 aliphatic rings. The minimum Gasteiger partial charge on any atom is -0.465 e. The van der Waals surface area contributed by atoms with Gasteiger partial charge in [0.05, 0.1) is 24.2 Å². The lowest BCUT2D eigenvalue weighted by Gasteiger charge is -2.25. The fraction of sp³-hybridized carbons (Fsp3) is 0.429. The molecule has 3 aromatic rings. The average molecular weight is 428 g/mol. The molecular formula is C21H25N5O3S. The van der Waals surface area contributed by atoms with Gasteiger partial charge in [-0.1, -0.05) is 6.42 Å². The Bertz CT molecular complexity index is 1100. The van der Waals surface area contributed by atoms with Gasteiger partial charge in [-0.2, -0.15) is 5.10 Å². The molecule has 1 aliphatic heterocycles. The maximum absolute atomic E-state index is 12.8. The first-order chi connectivity index (χ1) is 14.5. The number of nitrogens with zero attached hydrogens (tertiary/aromatic N) is 4. The number of hydrogen-bond acceptors (Lipinski definition) is 7. The summed E-state index contributed by atoms with van der Waals surface area (Å²) in [5, 5.41) is 7.83. The number of hydrogen-bond donors (Lipinski definition) is 1. The monoisotopic (exact) mass is 427 g/mol. The van der Waals surface area contributed by atoms with Gasteiger partial charge >= 0.3 is 5.97 Å². The van der Waals surface area contributed by atoms with E-state index in [1.807, 2.05) is 19.1 Å². The summed E-state index contributed by atoms with van der Waals surface area (Å²) < 4.78 is 6.46. The van der Waals surface area contributed by atoms with Crippen molar-refractivity contribution in [2.45, 2.75) is 32.7 Å². The van der Waals surface area contributed by atoms with Gasteiger partial charge in [-0.15, -0.1) is 11.3 Å². The van der Waals surface area contributed by atoms with Crippen LogP contribution in [0.3, 0.4) is 0 Å². The van der Waals surface area contributed by atoms with Gasteiger partial charge in [0.25, 0.3) is 5.91 Å². The van der Waals surface area contributed by atoms with Crippen molar-refractivity contribution in [1.29, 1.82) is 0 Å². The molecule has 0 aliphatic carbocycles. The molecule has 30 heavy (non-hydrogen) atoms. The highest BCUT2D eigenvalue weighted by atomic mass is 32.1. The topological polar surface area (TPSA) is 89.3 Å². The molecule has 0 spiro atoms. The number of aromatic nitrogens is 3. The maximum Gasteiger partial charge on any atom is 0.350 e. The molecule has 1 fully saturated rings. The van der Waals surface area contributed by atoms with E-state index in [0.29, 0.717) is 21.1 Å². The number of pyridine rings is 1. The summed E-state index contributed by atoms with van der Waals surface area (Å²) in [5.41, 5.74) is 2.55. The largest absolute Gasteiger partial charge is 0.465 e. The molecule has 0 saturated carbocycles. The average Bonchev–Trinajstić information content (AvgIpc) is 3.27. The zero-order valence-electron chi connectivity index (χ0n) is 17.4. The van der Waals surface area contributed by atoms with Crippen molar-refractivity contribution in [3.63, 3.8) is 0 Å². The number of methoxy groups -OCH3 is 1. The minimum atomic E-state index is -0.493. The number of carbonyl (C=O) groups excluding carboxylic acids is 2. The fourth-order valence-electron chi connectivity index (χ4n) is 3.81. The highest BCUT2D eigenvalue weighted by Gasteiger charge is 2.24. The van der Waals surface area contributed by atoms with Crippen LogP contribution in [0, 0.1) is 6.92 Å². The number of esters is 1. The summed E-state index contributed by atoms with van der Waals surface area (Å²) in [5.74, 6) is -0.826. The summed E-state index contributed by atoms with van der Waals surface area (Å²) >= 11 is 1.24. The van der Waals surface area contributed by atoms with Crippen LogP contribution in [-0.4, -0.2) is 51.7 Å². The highest BCUT2D eigenvalue weighted by Crippen LogP contribution is 2.36. The van der Waals surface area contributed by atoms with Crippen LogP contribution in [0.5, 0.6) is 0 Å². The fourth-order valence-corrected chi connectivity index (χ4v) is 4.88. The van der Waals surface area contributed by atoms with Crippen LogP contribution in [0.4, 0.5) is 5.69 Å². The van der Waals surface area contributed by atoms with Gasteiger partial charge < -0.3 is 10.1 Å². The quantitative estimate of drug-likeness (QED) is 0.628.